The van der Waals surface area contributed by atoms with Crippen LogP contribution in [0.2, 0.25) is 0 Å². The molecule has 1 aliphatic rings. The fourth-order valence-electron chi connectivity index (χ4n) is 1.83. The van der Waals surface area contributed by atoms with Crippen molar-refractivity contribution < 1.29 is 16.8 Å². The van der Waals surface area contributed by atoms with Crippen molar-refractivity contribution in [1.29, 1.82) is 0 Å². The summed E-state index contributed by atoms with van der Waals surface area (Å²) in [6.07, 6.45) is 0.325. The summed E-state index contributed by atoms with van der Waals surface area (Å²) in [6, 6.07) is 5.89. The quantitative estimate of drug-likeness (QED) is 0.875. The van der Waals surface area contributed by atoms with Crippen molar-refractivity contribution in [1.82, 2.24) is 4.72 Å². The number of hydrogen-bond donors (Lipinski definition) is 1. The van der Waals surface area contributed by atoms with E-state index in [-0.39, 0.29) is 16.4 Å². The lowest BCUT2D eigenvalue weighted by Gasteiger charge is -2.12. The average Bonchev–Trinajstić information content (AvgIpc) is 2.57. The molecule has 1 saturated heterocycles. The van der Waals surface area contributed by atoms with E-state index in [4.69, 9.17) is 0 Å². The summed E-state index contributed by atoms with van der Waals surface area (Å²) < 4.78 is 49.6. The van der Waals surface area contributed by atoms with Gasteiger partial charge in [-0.3, -0.25) is 0 Å². The van der Waals surface area contributed by atoms with Gasteiger partial charge in [0.1, 0.15) is 0 Å². The lowest BCUT2D eigenvalue weighted by molar-refractivity contribution is 0.562. The molecule has 1 atom stereocenters. The Morgan fingerprint density at radius 2 is 1.94 bits per heavy atom. The lowest BCUT2D eigenvalue weighted by atomic mass is 10.3. The minimum absolute atomic E-state index is 0.0378. The van der Waals surface area contributed by atoms with Gasteiger partial charge in [-0.15, -0.1) is 0 Å². The van der Waals surface area contributed by atoms with E-state index in [0.29, 0.717) is 10.9 Å². The first-order chi connectivity index (χ1) is 8.30. The van der Waals surface area contributed by atoms with Crippen LogP contribution in [0.5, 0.6) is 0 Å². The predicted molar refractivity (Wildman–Crippen MR) is 71.5 cm³/mol. The summed E-state index contributed by atoms with van der Waals surface area (Å²) in [7, 11) is -6.78. The molecule has 18 heavy (non-hydrogen) atoms. The Balaban J connectivity index is 2.22. The van der Waals surface area contributed by atoms with Gasteiger partial charge >= 0.3 is 0 Å². The van der Waals surface area contributed by atoms with Crippen molar-refractivity contribution in [2.24, 2.45) is 0 Å². The summed E-state index contributed by atoms with van der Waals surface area (Å²) >= 11 is 3.17. The standard InChI is InChI=1S/C10H12BrNO4S2/c11-9-3-1-2-4-10(9)18(15,16)12-8-5-6-17(13,14)7-8/h1-4,8,12H,5-7H2/t8-/m0/s1. The Labute approximate surface area is 115 Å². The number of halogens is 1. The topological polar surface area (TPSA) is 80.3 Å². The molecular weight excluding hydrogens is 342 g/mol. The van der Waals surface area contributed by atoms with Crippen LogP contribution < -0.4 is 4.72 Å². The summed E-state index contributed by atoms with van der Waals surface area (Å²) in [6.45, 7) is 0. The van der Waals surface area contributed by atoms with Gasteiger partial charge in [0.15, 0.2) is 9.84 Å². The highest BCUT2D eigenvalue weighted by Gasteiger charge is 2.31. The maximum absolute atomic E-state index is 12.1. The fraction of sp³-hybridized carbons (Fsp3) is 0.400. The second-order valence-corrected chi connectivity index (χ2v) is 8.92. The number of nitrogens with one attached hydrogen (secondary N) is 1. The number of benzene rings is 1. The molecule has 1 heterocycles. The summed E-state index contributed by atoms with van der Waals surface area (Å²) in [5.41, 5.74) is 0. The van der Waals surface area contributed by atoms with Crippen LogP contribution >= 0.6 is 15.9 Å². The summed E-state index contributed by atoms with van der Waals surface area (Å²) in [5, 5.41) is 0. The van der Waals surface area contributed by atoms with Crippen LogP contribution in [0.15, 0.2) is 33.6 Å². The molecule has 0 amide bonds. The Morgan fingerprint density at radius 3 is 2.50 bits per heavy atom. The largest absolute Gasteiger partial charge is 0.241 e. The second kappa shape index (κ2) is 4.92. The first kappa shape index (κ1) is 14.0. The molecule has 2 rings (SSSR count). The molecule has 0 unspecified atom stereocenters. The zero-order valence-corrected chi connectivity index (χ0v) is 12.6. The van der Waals surface area contributed by atoms with Gasteiger partial charge in [-0.1, -0.05) is 12.1 Å². The van der Waals surface area contributed by atoms with E-state index in [2.05, 4.69) is 20.7 Å². The third-order valence-electron chi connectivity index (χ3n) is 2.68. The fourth-order valence-corrected chi connectivity index (χ4v) is 5.89. The first-order valence-corrected chi connectivity index (χ1v) is 9.37. The molecule has 0 saturated carbocycles. The lowest BCUT2D eigenvalue weighted by Crippen LogP contribution is -2.35. The third-order valence-corrected chi connectivity index (χ3v) is 6.98. The molecule has 1 aromatic carbocycles. The molecule has 0 bridgehead atoms. The van der Waals surface area contributed by atoms with Crippen LogP contribution in [0.4, 0.5) is 0 Å². The SMILES string of the molecule is O=S1(=O)CC[C@H](NS(=O)(=O)c2ccccc2Br)C1. The van der Waals surface area contributed by atoms with Crippen molar-refractivity contribution in [2.45, 2.75) is 17.4 Å². The van der Waals surface area contributed by atoms with Crippen LogP contribution in [0.25, 0.3) is 0 Å². The third kappa shape index (κ3) is 3.11. The monoisotopic (exact) mass is 353 g/mol. The van der Waals surface area contributed by atoms with Gasteiger partial charge in [0.2, 0.25) is 10.0 Å². The van der Waals surface area contributed by atoms with Gasteiger partial charge in [-0.2, -0.15) is 0 Å². The van der Waals surface area contributed by atoms with E-state index >= 15 is 0 Å². The van der Waals surface area contributed by atoms with E-state index in [9.17, 15) is 16.8 Å². The van der Waals surface area contributed by atoms with Gasteiger partial charge in [0, 0.05) is 10.5 Å². The minimum Gasteiger partial charge on any atom is -0.229 e. The van der Waals surface area contributed by atoms with E-state index in [0.717, 1.165) is 0 Å². The smallest absolute Gasteiger partial charge is 0.229 e. The van der Waals surface area contributed by atoms with Crippen LogP contribution in [-0.2, 0) is 19.9 Å². The molecular formula is C10H12BrNO4S2. The minimum atomic E-state index is -3.69. The average molecular weight is 354 g/mol. The number of rotatable bonds is 3. The molecule has 0 radical (unpaired) electrons. The normalized spacial score (nSPS) is 23.1. The van der Waals surface area contributed by atoms with Gasteiger partial charge in [-0.25, -0.2) is 21.6 Å². The van der Waals surface area contributed by atoms with Gasteiger partial charge in [0.05, 0.1) is 16.4 Å². The number of hydrogen-bond acceptors (Lipinski definition) is 4. The molecule has 1 aliphatic heterocycles. The van der Waals surface area contributed by atoms with Crippen molar-refractivity contribution in [3.63, 3.8) is 0 Å². The zero-order valence-electron chi connectivity index (χ0n) is 9.34. The Morgan fingerprint density at radius 1 is 1.28 bits per heavy atom. The maximum Gasteiger partial charge on any atom is 0.241 e. The highest BCUT2D eigenvalue weighted by atomic mass is 79.9. The molecule has 1 aromatic rings. The van der Waals surface area contributed by atoms with Crippen LogP contribution in [-0.4, -0.2) is 34.4 Å². The maximum atomic E-state index is 12.1. The highest BCUT2D eigenvalue weighted by Crippen LogP contribution is 2.22. The van der Waals surface area contributed by atoms with E-state index < -0.39 is 25.9 Å². The molecule has 5 nitrogen and oxygen atoms in total. The van der Waals surface area contributed by atoms with Gasteiger partial charge in [0.25, 0.3) is 0 Å². The predicted octanol–water partition coefficient (Wildman–Crippen LogP) is 0.914. The summed E-state index contributed by atoms with van der Waals surface area (Å²) in [5.74, 6) is -0.0904. The van der Waals surface area contributed by atoms with Crippen molar-refractivity contribution in [2.75, 3.05) is 11.5 Å². The molecule has 100 valence electrons. The highest BCUT2D eigenvalue weighted by molar-refractivity contribution is 9.10. The van der Waals surface area contributed by atoms with Crippen LogP contribution in [0, 0.1) is 0 Å². The number of sulfonamides is 1. The summed E-state index contributed by atoms with van der Waals surface area (Å²) in [4.78, 5) is 0.120. The van der Waals surface area contributed by atoms with E-state index in [1.807, 2.05) is 0 Å². The van der Waals surface area contributed by atoms with E-state index in [1.54, 1.807) is 18.2 Å². The molecule has 0 aromatic heterocycles. The molecule has 0 aliphatic carbocycles. The van der Waals surface area contributed by atoms with Crippen LogP contribution in [0.1, 0.15) is 6.42 Å². The molecule has 0 spiro atoms. The number of sulfone groups is 1. The Bertz CT molecular complexity index is 654. The molecule has 1 fully saturated rings. The molecule has 1 N–H and O–H groups in total. The second-order valence-electron chi connectivity index (χ2n) is 4.15. The first-order valence-electron chi connectivity index (χ1n) is 5.27. The van der Waals surface area contributed by atoms with Crippen molar-refractivity contribution >= 4 is 35.8 Å². The van der Waals surface area contributed by atoms with Crippen LogP contribution in [0.3, 0.4) is 0 Å². The van der Waals surface area contributed by atoms with Crippen molar-refractivity contribution in [3.05, 3.63) is 28.7 Å². The van der Waals surface area contributed by atoms with E-state index in [1.165, 1.54) is 6.07 Å². The van der Waals surface area contributed by atoms with Crippen molar-refractivity contribution in [3.8, 4) is 0 Å². The Kier molecular flexibility index (Phi) is 3.82. The molecule has 8 heteroatoms. The zero-order chi connectivity index (χ0) is 13.4. The Hall–Kier alpha value is -0.440. The van der Waals surface area contributed by atoms with Gasteiger partial charge < -0.3 is 0 Å². The van der Waals surface area contributed by atoms with Gasteiger partial charge in [-0.05, 0) is 34.5 Å².